The van der Waals surface area contributed by atoms with Crippen molar-refractivity contribution in [2.45, 2.75) is 20.8 Å². The number of ether oxygens (including phenoxy) is 1. The van der Waals surface area contributed by atoms with Gasteiger partial charge in [-0.1, -0.05) is 78.4 Å². The SMILES string of the molecule is Cc1cc(C)c(Nc2ccccc2Nc2cccc(Oc3cc(-c4ccccn4)c4c5ccccc5n(-c5ccccc5)c4c3)c2)c(C)c1. The Bertz CT molecular complexity index is 2430. The van der Waals surface area contributed by atoms with Crippen molar-refractivity contribution in [2.75, 3.05) is 10.6 Å². The van der Waals surface area contributed by atoms with E-state index >= 15 is 0 Å². The second-order valence-electron chi connectivity index (χ2n) is 12.5. The van der Waals surface area contributed by atoms with Gasteiger partial charge < -0.3 is 19.9 Å². The topological polar surface area (TPSA) is 51.1 Å². The van der Waals surface area contributed by atoms with Gasteiger partial charge in [0.25, 0.3) is 0 Å². The zero-order valence-electron chi connectivity index (χ0n) is 27.7. The van der Waals surface area contributed by atoms with Crippen molar-refractivity contribution in [1.29, 1.82) is 0 Å². The molecule has 0 aliphatic heterocycles. The molecule has 0 atom stereocenters. The van der Waals surface area contributed by atoms with Crippen LogP contribution in [0, 0.1) is 20.8 Å². The molecule has 2 N–H and O–H groups in total. The van der Waals surface area contributed by atoms with Crippen LogP contribution in [-0.2, 0) is 0 Å². The van der Waals surface area contributed by atoms with E-state index in [1.54, 1.807) is 0 Å². The number of aryl methyl sites for hydroxylation is 3. The van der Waals surface area contributed by atoms with Crippen molar-refractivity contribution in [3.8, 4) is 28.4 Å². The highest BCUT2D eigenvalue weighted by Gasteiger charge is 2.19. The quantitative estimate of drug-likeness (QED) is 0.174. The molecular formula is C44H36N4O. The molecule has 49 heavy (non-hydrogen) atoms. The van der Waals surface area contributed by atoms with Crippen LogP contribution in [0.15, 0.2) is 152 Å². The zero-order chi connectivity index (χ0) is 33.3. The fourth-order valence-corrected chi connectivity index (χ4v) is 6.85. The van der Waals surface area contributed by atoms with Crippen LogP contribution in [0.2, 0.25) is 0 Å². The van der Waals surface area contributed by atoms with E-state index < -0.39 is 0 Å². The predicted molar refractivity (Wildman–Crippen MR) is 204 cm³/mol. The smallest absolute Gasteiger partial charge is 0.130 e. The number of aromatic nitrogens is 2. The number of rotatable bonds is 8. The van der Waals surface area contributed by atoms with Gasteiger partial charge >= 0.3 is 0 Å². The third-order valence-corrected chi connectivity index (χ3v) is 8.91. The maximum atomic E-state index is 6.69. The summed E-state index contributed by atoms with van der Waals surface area (Å²) in [4.78, 5) is 4.77. The number of nitrogens with one attached hydrogen (secondary N) is 2. The number of para-hydroxylation sites is 4. The first-order valence-corrected chi connectivity index (χ1v) is 16.5. The number of hydrogen-bond donors (Lipinski definition) is 2. The Morgan fingerprint density at radius 2 is 1.29 bits per heavy atom. The highest BCUT2D eigenvalue weighted by molar-refractivity contribution is 6.16. The van der Waals surface area contributed by atoms with Gasteiger partial charge in [-0.15, -0.1) is 0 Å². The third-order valence-electron chi connectivity index (χ3n) is 8.91. The van der Waals surface area contributed by atoms with Gasteiger partial charge in [0.15, 0.2) is 0 Å². The summed E-state index contributed by atoms with van der Waals surface area (Å²) >= 11 is 0. The molecule has 5 nitrogen and oxygen atoms in total. The number of pyridine rings is 1. The molecule has 8 rings (SSSR count). The molecule has 0 unspecified atom stereocenters. The van der Waals surface area contributed by atoms with E-state index in [-0.39, 0.29) is 0 Å². The largest absolute Gasteiger partial charge is 0.457 e. The minimum Gasteiger partial charge on any atom is -0.457 e. The maximum Gasteiger partial charge on any atom is 0.130 e. The van der Waals surface area contributed by atoms with Crippen LogP contribution < -0.4 is 15.4 Å². The van der Waals surface area contributed by atoms with Crippen LogP contribution in [0.5, 0.6) is 11.5 Å². The van der Waals surface area contributed by atoms with E-state index in [4.69, 9.17) is 9.72 Å². The van der Waals surface area contributed by atoms with Crippen molar-refractivity contribution in [1.82, 2.24) is 9.55 Å². The first kappa shape index (κ1) is 30.0. The second kappa shape index (κ2) is 12.7. The molecule has 6 aromatic carbocycles. The lowest BCUT2D eigenvalue weighted by molar-refractivity contribution is 0.484. The second-order valence-corrected chi connectivity index (χ2v) is 12.5. The average Bonchev–Trinajstić information content (AvgIpc) is 3.45. The Labute approximate surface area is 286 Å². The molecule has 0 saturated heterocycles. The molecule has 2 heterocycles. The van der Waals surface area contributed by atoms with Crippen molar-refractivity contribution >= 4 is 44.6 Å². The van der Waals surface area contributed by atoms with Gasteiger partial charge in [-0.25, -0.2) is 0 Å². The lowest BCUT2D eigenvalue weighted by Gasteiger charge is -2.18. The normalized spacial score (nSPS) is 11.2. The van der Waals surface area contributed by atoms with E-state index in [1.807, 2.05) is 48.7 Å². The highest BCUT2D eigenvalue weighted by atomic mass is 16.5. The standard InChI is InChI=1S/C44H36N4O/c1-29-24-30(2)44(31(3)25-29)47-40-21-9-8-20-39(40)46-32-14-13-17-34(26-32)49-35-27-37(38-19-11-12-23-45-38)43-36-18-7-10-22-41(36)48(42(43)28-35)33-15-5-4-6-16-33/h4-28,46-47H,1-3H3. The van der Waals surface area contributed by atoms with Crippen LogP contribution in [0.1, 0.15) is 16.7 Å². The zero-order valence-corrected chi connectivity index (χ0v) is 27.7. The molecule has 0 bridgehead atoms. The summed E-state index contributed by atoms with van der Waals surface area (Å²) in [5.41, 5.74) is 12.9. The summed E-state index contributed by atoms with van der Waals surface area (Å²) in [5, 5.41) is 9.62. The molecule has 0 aliphatic rings. The van der Waals surface area contributed by atoms with E-state index in [0.29, 0.717) is 0 Å². The molecule has 0 radical (unpaired) electrons. The van der Waals surface area contributed by atoms with Gasteiger partial charge in [-0.3, -0.25) is 4.98 Å². The first-order valence-electron chi connectivity index (χ1n) is 16.5. The Hall–Kier alpha value is -6.33. The summed E-state index contributed by atoms with van der Waals surface area (Å²) in [6.45, 7) is 6.43. The van der Waals surface area contributed by atoms with Gasteiger partial charge in [0, 0.05) is 51.7 Å². The minimum absolute atomic E-state index is 0.731. The lowest BCUT2D eigenvalue weighted by atomic mass is 10.0. The van der Waals surface area contributed by atoms with Crippen LogP contribution in [0.3, 0.4) is 0 Å². The van der Waals surface area contributed by atoms with Crippen LogP contribution in [0.25, 0.3) is 38.8 Å². The maximum absolute atomic E-state index is 6.69. The Kier molecular flexibility index (Phi) is 7.78. The Morgan fingerprint density at radius 3 is 2.06 bits per heavy atom. The van der Waals surface area contributed by atoms with Gasteiger partial charge in [0.05, 0.1) is 28.1 Å². The van der Waals surface area contributed by atoms with E-state index in [2.05, 4.69) is 139 Å². The van der Waals surface area contributed by atoms with Crippen LogP contribution in [-0.4, -0.2) is 9.55 Å². The van der Waals surface area contributed by atoms with Gasteiger partial charge in [-0.05, 0) is 92.6 Å². The first-order chi connectivity index (χ1) is 24.0. The molecular weight excluding hydrogens is 601 g/mol. The summed E-state index contributed by atoms with van der Waals surface area (Å²) in [7, 11) is 0. The molecule has 0 aliphatic carbocycles. The fourth-order valence-electron chi connectivity index (χ4n) is 6.85. The van der Waals surface area contributed by atoms with E-state index in [9.17, 15) is 0 Å². The molecule has 5 heteroatoms. The minimum atomic E-state index is 0.731. The summed E-state index contributed by atoms with van der Waals surface area (Å²) < 4.78 is 8.99. The average molecular weight is 637 g/mol. The summed E-state index contributed by atoms with van der Waals surface area (Å²) in [6.07, 6.45) is 1.84. The summed E-state index contributed by atoms with van der Waals surface area (Å²) in [5.74, 6) is 1.46. The molecule has 0 fully saturated rings. The molecule has 238 valence electrons. The number of fused-ring (bicyclic) bond motifs is 3. The Morgan fingerprint density at radius 1 is 0.571 bits per heavy atom. The van der Waals surface area contributed by atoms with E-state index in [0.717, 1.165) is 67.6 Å². The van der Waals surface area contributed by atoms with Gasteiger partial charge in [0.1, 0.15) is 11.5 Å². The highest BCUT2D eigenvalue weighted by Crippen LogP contribution is 2.42. The fraction of sp³-hybridized carbons (Fsp3) is 0.0682. The van der Waals surface area contributed by atoms with Gasteiger partial charge in [-0.2, -0.15) is 0 Å². The number of hydrogen-bond acceptors (Lipinski definition) is 4. The number of benzene rings is 6. The Balaban J connectivity index is 1.18. The van der Waals surface area contributed by atoms with Crippen molar-refractivity contribution in [3.63, 3.8) is 0 Å². The van der Waals surface area contributed by atoms with Gasteiger partial charge in [0.2, 0.25) is 0 Å². The van der Waals surface area contributed by atoms with Crippen LogP contribution >= 0.6 is 0 Å². The van der Waals surface area contributed by atoms with Crippen molar-refractivity contribution < 1.29 is 4.74 Å². The monoisotopic (exact) mass is 636 g/mol. The lowest BCUT2D eigenvalue weighted by Crippen LogP contribution is -2.01. The number of nitrogens with zero attached hydrogens (tertiary/aromatic N) is 2. The van der Waals surface area contributed by atoms with E-state index in [1.165, 1.54) is 22.1 Å². The predicted octanol–water partition coefficient (Wildman–Crippen LogP) is 12.1. The number of anilines is 4. The van der Waals surface area contributed by atoms with Crippen LogP contribution in [0.4, 0.5) is 22.7 Å². The summed E-state index contributed by atoms with van der Waals surface area (Å²) in [6, 6.07) is 50.1. The molecule has 0 saturated carbocycles. The third kappa shape index (κ3) is 5.87. The van der Waals surface area contributed by atoms with Crippen molar-refractivity contribution in [2.24, 2.45) is 0 Å². The molecule has 0 spiro atoms. The molecule has 8 aromatic rings. The van der Waals surface area contributed by atoms with Crippen molar-refractivity contribution in [3.05, 3.63) is 168 Å². The molecule has 2 aromatic heterocycles. The molecule has 0 amide bonds.